The van der Waals surface area contributed by atoms with Crippen LogP contribution in [0.5, 0.6) is 34.5 Å². The molecule has 0 N–H and O–H groups in total. The van der Waals surface area contributed by atoms with Gasteiger partial charge in [-0.1, -0.05) is 60.7 Å². The number of rotatable bonds is 8. The van der Waals surface area contributed by atoms with Crippen molar-refractivity contribution in [2.45, 2.75) is 0 Å². The maximum atomic E-state index is 5.83. The van der Waals surface area contributed by atoms with E-state index in [9.17, 15) is 0 Å². The molecule has 0 heterocycles. The van der Waals surface area contributed by atoms with E-state index in [2.05, 4.69) is 0 Å². The van der Waals surface area contributed by atoms with Crippen molar-refractivity contribution < 1.29 is 24.3 Å². The molecule has 0 saturated carbocycles. The van der Waals surface area contributed by atoms with Gasteiger partial charge < -0.3 is 9.47 Å². The number of hydrogen-bond acceptors (Lipinski definition) is 5. The molecule has 5 heteroatoms. The summed E-state index contributed by atoms with van der Waals surface area (Å²) < 4.78 is 11.7. The summed E-state index contributed by atoms with van der Waals surface area (Å²) in [6.07, 6.45) is 0. The third kappa shape index (κ3) is 5.06. The topological polar surface area (TPSA) is 46.2 Å². The molecule has 0 radical (unpaired) electrons. The van der Waals surface area contributed by atoms with Crippen LogP contribution in [-0.2, 0) is 5.04 Å². The Morgan fingerprint density at radius 2 is 0.690 bits per heavy atom. The molecule has 0 bridgehead atoms. The molecule has 0 aliphatic rings. The van der Waals surface area contributed by atoms with E-state index in [-0.39, 0.29) is 0 Å². The molecule has 4 rings (SSSR count). The highest BCUT2D eigenvalue weighted by Gasteiger charge is 2.10. The average molecular weight is 386 g/mol. The van der Waals surface area contributed by atoms with Gasteiger partial charge in [-0.3, -0.25) is 9.78 Å². The molecule has 0 saturated heterocycles. The predicted octanol–water partition coefficient (Wildman–Crippen LogP) is 6.58. The molecule has 0 fully saturated rings. The van der Waals surface area contributed by atoms with Crippen LogP contribution in [0.25, 0.3) is 0 Å². The van der Waals surface area contributed by atoms with Gasteiger partial charge in [0.2, 0.25) is 11.5 Å². The van der Waals surface area contributed by atoms with Crippen LogP contribution in [0.3, 0.4) is 0 Å². The zero-order valence-corrected chi connectivity index (χ0v) is 15.4. The molecule has 144 valence electrons. The van der Waals surface area contributed by atoms with Crippen molar-refractivity contribution >= 4 is 0 Å². The first-order chi connectivity index (χ1) is 14.4. The minimum atomic E-state index is 0.373. The smallest absolute Gasteiger partial charge is 0.212 e. The number of hydrogen-bond donors (Lipinski definition) is 0. The van der Waals surface area contributed by atoms with Gasteiger partial charge in [-0.25, -0.2) is 0 Å². The Bertz CT molecular complexity index is 950. The minimum Gasteiger partial charge on any atom is -0.453 e. The third-order valence-corrected chi connectivity index (χ3v) is 3.89. The molecule has 5 nitrogen and oxygen atoms in total. The summed E-state index contributed by atoms with van der Waals surface area (Å²) in [6.45, 7) is 0. The summed E-state index contributed by atoms with van der Waals surface area (Å²) in [5.74, 6) is 3.11. The van der Waals surface area contributed by atoms with E-state index < -0.39 is 0 Å². The molecule has 0 aromatic heterocycles. The van der Waals surface area contributed by atoms with Gasteiger partial charge in [0.1, 0.15) is 11.5 Å². The minimum absolute atomic E-state index is 0.373. The lowest BCUT2D eigenvalue weighted by atomic mass is 10.3. The van der Waals surface area contributed by atoms with E-state index in [4.69, 9.17) is 24.3 Å². The zero-order valence-electron chi connectivity index (χ0n) is 15.4. The van der Waals surface area contributed by atoms with Crippen molar-refractivity contribution in [2.75, 3.05) is 0 Å². The first kappa shape index (κ1) is 18.4. The number of benzene rings is 4. The molecular weight excluding hydrogens is 368 g/mol. The molecule has 4 aromatic rings. The van der Waals surface area contributed by atoms with E-state index in [0.717, 1.165) is 0 Å². The van der Waals surface area contributed by atoms with Crippen LogP contribution >= 0.6 is 0 Å². The molecule has 0 aliphatic heterocycles. The highest BCUT2D eigenvalue weighted by Crippen LogP contribution is 2.33. The SMILES string of the molecule is c1ccc(Oc2ccccc2OOOc2ccccc2Oc2ccccc2)cc1. The van der Waals surface area contributed by atoms with E-state index in [1.54, 1.807) is 24.3 Å². The van der Waals surface area contributed by atoms with E-state index in [1.165, 1.54) is 0 Å². The maximum absolute atomic E-state index is 5.83. The maximum Gasteiger partial charge on any atom is 0.212 e. The first-order valence-corrected chi connectivity index (χ1v) is 9.03. The average Bonchev–Trinajstić information content (AvgIpc) is 2.78. The van der Waals surface area contributed by atoms with Crippen LogP contribution in [0.4, 0.5) is 0 Å². The predicted molar refractivity (Wildman–Crippen MR) is 108 cm³/mol. The Morgan fingerprint density at radius 3 is 1.10 bits per heavy atom. The molecule has 0 atom stereocenters. The summed E-state index contributed by atoms with van der Waals surface area (Å²) in [5, 5.41) is 5.00. The van der Waals surface area contributed by atoms with E-state index in [1.807, 2.05) is 84.9 Å². The Labute approximate surface area is 168 Å². The second kappa shape index (κ2) is 9.30. The molecule has 29 heavy (non-hydrogen) atoms. The molecule has 0 aliphatic carbocycles. The second-order valence-corrected chi connectivity index (χ2v) is 5.96. The molecular formula is C24H18O5. The third-order valence-electron chi connectivity index (χ3n) is 3.89. The van der Waals surface area contributed by atoms with Crippen LogP contribution < -0.4 is 19.2 Å². The van der Waals surface area contributed by atoms with Gasteiger partial charge in [0, 0.05) is 5.04 Å². The number of para-hydroxylation sites is 6. The van der Waals surface area contributed by atoms with Crippen LogP contribution in [-0.4, -0.2) is 0 Å². The van der Waals surface area contributed by atoms with Crippen molar-refractivity contribution in [1.29, 1.82) is 0 Å². The largest absolute Gasteiger partial charge is 0.453 e. The normalized spacial score (nSPS) is 10.2. The van der Waals surface area contributed by atoms with Crippen LogP contribution in [0.15, 0.2) is 109 Å². The van der Waals surface area contributed by atoms with E-state index in [0.29, 0.717) is 34.5 Å². The monoisotopic (exact) mass is 386 g/mol. The lowest BCUT2D eigenvalue weighted by molar-refractivity contribution is -0.411. The standard InChI is InChI=1S/C24H18O5/c1-3-11-19(12-4-1)25-21-15-7-9-17-23(21)27-29-28-24-18-10-8-16-22(24)26-20-13-5-2-6-14-20/h1-18H. The second-order valence-electron chi connectivity index (χ2n) is 5.96. The van der Waals surface area contributed by atoms with Gasteiger partial charge in [0.15, 0.2) is 11.5 Å². The van der Waals surface area contributed by atoms with Gasteiger partial charge in [0.05, 0.1) is 0 Å². The fraction of sp³-hybridized carbons (Fsp3) is 0. The highest BCUT2D eigenvalue weighted by molar-refractivity contribution is 5.43. The summed E-state index contributed by atoms with van der Waals surface area (Å²) in [7, 11) is 0. The van der Waals surface area contributed by atoms with Crippen molar-refractivity contribution in [3.05, 3.63) is 109 Å². The van der Waals surface area contributed by atoms with Crippen molar-refractivity contribution in [3.63, 3.8) is 0 Å². The summed E-state index contributed by atoms with van der Waals surface area (Å²) in [4.78, 5) is 10.6. The Balaban J connectivity index is 1.41. The van der Waals surface area contributed by atoms with Crippen molar-refractivity contribution in [1.82, 2.24) is 0 Å². The molecule has 0 unspecified atom stereocenters. The summed E-state index contributed by atoms with van der Waals surface area (Å²) in [6, 6.07) is 33.1. The van der Waals surface area contributed by atoms with Crippen LogP contribution in [0.1, 0.15) is 0 Å². The first-order valence-electron chi connectivity index (χ1n) is 9.03. The van der Waals surface area contributed by atoms with Crippen molar-refractivity contribution in [2.24, 2.45) is 0 Å². The summed E-state index contributed by atoms with van der Waals surface area (Å²) >= 11 is 0. The lowest BCUT2D eigenvalue weighted by Crippen LogP contribution is -2.04. The van der Waals surface area contributed by atoms with E-state index >= 15 is 0 Å². The Hall–Kier alpha value is -3.96. The van der Waals surface area contributed by atoms with Gasteiger partial charge in [0.25, 0.3) is 0 Å². The number of ether oxygens (including phenoxy) is 2. The van der Waals surface area contributed by atoms with Gasteiger partial charge in [-0.15, -0.1) is 0 Å². The Morgan fingerprint density at radius 1 is 0.345 bits per heavy atom. The van der Waals surface area contributed by atoms with Gasteiger partial charge in [-0.05, 0) is 48.5 Å². The van der Waals surface area contributed by atoms with Crippen LogP contribution in [0.2, 0.25) is 0 Å². The fourth-order valence-corrected chi connectivity index (χ4v) is 2.53. The lowest BCUT2D eigenvalue weighted by Gasteiger charge is -2.12. The zero-order chi connectivity index (χ0) is 19.7. The van der Waals surface area contributed by atoms with Crippen LogP contribution in [0, 0.1) is 0 Å². The fourth-order valence-electron chi connectivity index (χ4n) is 2.53. The highest BCUT2D eigenvalue weighted by atomic mass is 17.5. The van der Waals surface area contributed by atoms with Gasteiger partial charge in [-0.2, -0.15) is 0 Å². The molecule has 0 spiro atoms. The van der Waals surface area contributed by atoms with Crippen molar-refractivity contribution in [3.8, 4) is 34.5 Å². The quantitative estimate of drug-likeness (QED) is 0.253. The molecule has 0 amide bonds. The summed E-state index contributed by atoms with van der Waals surface area (Å²) in [5.41, 5.74) is 0. The van der Waals surface area contributed by atoms with Gasteiger partial charge >= 0.3 is 0 Å². The Kier molecular flexibility index (Phi) is 5.90. The molecule has 4 aromatic carbocycles.